The van der Waals surface area contributed by atoms with Crippen molar-refractivity contribution in [2.45, 2.75) is 38.6 Å². The third kappa shape index (κ3) is 4.04. The van der Waals surface area contributed by atoms with Crippen LogP contribution >= 0.6 is 11.6 Å². The number of fused-ring (bicyclic) bond motifs is 3. The Kier molecular flexibility index (Phi) is 5.68. The largest absolute Gasteiger partial charge is 0.474 e. The molecule has 0 unspecified atom stereocenters. The Morgan fingerprint density at radius 3 is 2.86 bits per heavy atom. The standard InChI is InChI=1S/C25H27ClN8O3/c1-25(2)6-4-8-34-17(25)13-18(31-34)29-24-30-22-21(32(24)3)19(26)16(14-28-22)37-15-5-9-33-10-7-27-23(20(15)33)36-12-11-35/h5,7,9-10,13-14,35H,4,6,8,11-12H2,1-3H3,(H,28,29,30,31). The summed E-state index contributed by atoms with van der Waals surface area (Å²) in [6.45, 7) is 5.40. The van der Waals surface area contributed by atoms with Gasteiger partial charge in [-0.25, -0.2) is 9.97 Å². The van der Waals surface area contributed by atoms with Crippen molar-refractivity contribution in [1.82, 2.24) is 33.7 Å². The molecule has 2 N–H and O–H groups in total. The van der Waals surface area contributed by atoms with E-state index in [2.05, 4.69) is 44.9 Å². The van der Waals surface area contributed by atoms with Gasteiger partial charge in [0, 0.05) is 49.4 Å². The zero-order chi connectivity index (χ0) is 25.7. The van der Waals surface area contributed by atoms with Crippen molar-refractivity contribution in [2.75, 3.05) is 18.5 Å². The molecule has 1 aliphatic rings. The van der Waals surface area contributed by atoms with Crippen LogP contribution < -0.4 is 14.8 Å². The number of pyridine rings is 1. The Morgan fingerprint density at radius 2 is 2.05 bits per heavy atom. The molecule has 11 nitrogen and oxygen atoms in total. The van der Waals surface area contributed by atoms with E-state index in [0.717, 1.165) is 25.2 Å². The summed E-state index contributed by atoms with van der Waals surface area (Å²) in [4.78, 5) is 13.4. The number of halogens is 1. The smallest absolute Gasteiger partial charge is 0.242 e. The summed E-state index contributed by atoms with van der Waals surface area (Å²) in [6, 6.07) is 3.88. The molecule has 1 aliphatic heterocycles. The van der Waals surface area contributed by atoms with Crippen molar-refractivity contribution in [1.29, 1.82) is 0 Å². The van der Waals surface area contributed by atoms with Crippen molar-refractivity contribution in [3.05, 3.63) is 47.6 Å². The predicted octanol–water partition coefficient (Wildman–Crippen LogP) is 4.44. The summed E-state index contributed by atoms with van der Waals surface area (Å²) in [5.41, 5.74) is 3.03. The molecule has 0 amide bonds. The third-order valence-corrected chi connectivity index (χ3v) is 7.10. The highest BCUT2D eigenvalue weighted by atomic mass is 35.5. The lowest BCUT2D eigenvalue weighted by atomic mass is 9.82. The molecule has 12 heteroatoms. The average molecular weight is 523 g/mol. The molecule has 37 heavy (non-hydrogen) atoms. The third-order valence-electron chi connectivity index (χ3n) is 6.74. The number of imidazole rings is 1. The Morgan fingerprint density at radius 1 is 1.19 bits per heavy atom. The highest BCUT2D eigenvalue weighted by Gasteiger charge is 2.29. The Bertz CT molecular complexity index is 1620. The number of hydrogen-bond acceptors (Lipinski definition) is 8. The average Bonchev–Trinajstić information content (AvgIpc) is 3.56. The molecule has 0 aliphatic carbocycles. The molecular weight excluding hydrogens is 496 g/mol. The Labute approximate surface area is 217 Å². The maximum atomic E-state index is 9.14. The van der Waals surface area contributed by atoms with Gasteiger partial charge in [-0.2, -0.15) is 10.1 Å². The second-order valence-corrected chi connectivity index (χ2v) is 10.1. The molecular formula is C25H27ClN8O3. The fourth-order valence-corrected chi connectivity index (χ4v) is 5.15. The van der Waals surface area contributed by atoms with Crippen LogP contribution in [-0.4, -0.2) is 52.0 Å². The zero-order valence-electron chi connectivity index (χ0n) is 20.8. The van der Waals surface area contributed by atoms with E-state index < -0.39 is 0 Å². The van der Waals surface area contributed by atoms with Crippen LogP contribution in [0.4, 0.5) is 11.8 Å². The van der Waals surface area contributed by atoms with Crippen LogP contribution in [0.25, 0.3) is 16.7 Å². The number of aliphatic hydroxyl groups is 1. The van der Waals surface area contributed by atoms with Crippen molar-refractivity contribution >= 4 is 40.0 Å². The zero-order valence-corrected chi connectivity index (χ0v) is 21.5. The van der Waals surface area contributed by atoms with Gasteiger partial charge >= 0.3 is 0 Å². The molecule has 0 aromatic carbocycles. The van der Waals surface area contributed by atoms with Gasteiger partial charge in [-0.05, 0) is 18.9 Å². The molecule has 0 saturated heterocycles. The van der Waals surface area contributed by atoms with Crippen LogP contribution in [0.1, 0.15) is 32.4 Å². The molecule has 192 valence electrons. The summed E-state index contributed by atoms with van der Waals surface area (Å²) in [6.07, 6.45) is 9.02. The summed E-state index contributed by atoms with van der Waals surface area (Å²) in [7, 11) is 1.87. The maximum Gasteiger partial charge on any atom is 0.242 e. The van der Waals surface area contributed by atoms with Crippen molar-refractivity contribution in [3.8, 4) is 17.4 Å². The first-order chi connectivity index (χ1) is 17.9. The molecule has 0 fully saturated rings. The summed E-state index contributed by atoms with van der Waals surface area (Å²) in [5, 5.41) is 17.6. The molecule has 5 aromatic heterocycles. The van der Waals surface area contributed by atoms with E-state index in [-0.39, 0.29) is 18.6 Å². The normalized spacial score (nSPS) is 14.7. The number of nitrogens with one attached hydrogen (secondary N) is 1. The number of rotatable bonds is 7. The van der Waals surface area contributed by atoms with Gasteiger partial charge in [0.05, 0.1) is 12.8 Å². The van der Waals surface area contributed by atoms with E-state index in [0.29, 0.717) is 45.0 Å². The van der Waals surface area contributed by atoms with Crippen LogP contribution in [0.2, 0.25) is 5.02 Å². The SMILES string of the molecule is Cn1c(Nc2cc3n(n2)CCCC3(C)C)nc2ncc(Oc3ccn4ccnc(OCCO)c34)c(Cl)c21. The van der Waals surface area contributed by atoms with E-state index in [4.69, 9.17) is 31.3 Å². The number of ether oxygens (including phenoxy) is 2. The first-order valence-corrected chi connectivity index (χ1v) is 12.5. The second kappa shape index (κ2) is 8.93. The van der Waals surface area contributed by atoms with Gasteiger partial charge in [0.25, 0.3) is 0 Å². The topological polar surface area (TPSA) is 117 Å². The van der Waals surface area contributed by atoms with Crippen LogP contribution in [0.15, 0.2) is 36.9 Å². The molecule has 0 bridgehead atoms. The minimum absolute atomic E-state index is 0.0798. The van der Waals surface area contributed by atoms with E-state index in [1.165, 1.54) is 5.69 Å². The Hall–Kier alpha value is -3.83. The summed E-state index contributed by atoms with van der Waals surface area (Å²) >= 11 is 6.81. The highest BCUT2D eigenvalue weighted by Crippen LogP contribution is 2.39. The quantitative estimate of drug-likeness (QED) is 0.322. The number of hydrogen-bond donors (Lipinski definition) is 2. The lowest BCUT2D eigenvalue weighted by molar-refractivity contribution is 0.197. The van der Waals surface area contributed by atoms with Gasteiger partial charge in [-0.15, -0.1) is 0 Å². The molecule has 0 saturated carbocycles. The number of aromatic nitrogens is 7. The second-order valence-electron chi connectivity index (χ2n) is 9.70. The molecule has 0 radical (unpaired) electrons. The summed E-state index contributed by atoms with van der Waals surface area (Å²) in [5.74, 6) is 2.52. The van der Waals surface area contributed by atoms with E-state index in [9.17, 15) is 0 Å². The minimum atomic E-state index is -0.123. The van der Waals surface area contributed by atoms with Gasteiger partial charge in [-0.1, -0.05) is 25.4 Å². The van der Waals surface area contributed by atoms with E-state index in [1.54, 1.807) is 24.7 Å². The number of anilines is 2. The molecule has 0 atom stereocenters. The predicted molar refractivity (Wildman–Crippen MR) is 139 cm³/mol. The molecule has 6 heterocycles. The summed E-state index contributed by atoms with van der Waals surface area (Å²) < 4.78 is 17.5. The van der Waals surface area contributed by atoms with Gasteiger partial charge in [0.2, 0.25) is 11.8 Å². The van der Waals surface area contributed by atoms with Gasteiger partial charge in [0.15, 0.2) is 28.5 Å². The van der Waals surface area contributed by atoms with Crippen LogP contribution in [-0.2, 0) is 19.0 Å². The number of aliphatic hydroxyl groups excluding tert-OH is 1. The first kappa shape index (κ1) is 23.6. The van der Waals surface area contributed by atoms with Crippen molar-refractivity contribution in [2.24, 2.45) is 7.05 Å². The molecule has 6 rings (SSSR count). The molecule has 5 aromatic rings. The van der Waals surface area contributed by atoms with Gasteiger partial charge in [0.1, 0.15) is 17.1 Å². The fraction of sp³-hybridized carbons (Fsp3) is 0.360. The van der Waals surface area contributed by atoms with Gasteiger partial charge in [-0.3, -0.25) is 4.68 Å². The first-order valence-electron chi connectivity index (χ1n) is 12.1. The number of nitrogens with zero attached hydrogens (tertiary/aromatic N) is 7. The van der Waals surface area contributed by atoms with E-state index in [1.807, 2.05) is 22.2 Å². The van der Waals surface area contributed by atoms with Gasteiger partial charge < -0.3 is 28.9 Å². The van der Waals surface area contributed by atoms with Crippen molar-refractivity contribution in [3.63, 3.8) is 0 Å². The molecule has 0 spiro atoms. The maximum absolute atomic E-state index is 9.14. The minimum Gasteiger partial charge on any atom is -0.474 e. The van der Waals surface area contributed by atoms with Crippen LogP contribution in [0, 0.1) is 0 Å². The lowest BCUT2D eigenvalue weighted by Gasteiger charge is -2.30. The monoisotopic (exact) mass is 522 g/mol. The van der Waals surface area contributed by atoms with Crippen LogP contribution in [0.3, 0.4) is 0 Å². The highest BCUT2D eigenvalue weighted by molar-refractivity contribution is 6.36. The van der Waals surface area contributed by atoms with E-state index >= 15 is 0 Å². The van der Waals surface area contributed by atoms with Crippen LogP contribution in [0.5, 0.6) is 17.4 Å². The number of aryl methyl sites for hydroxylation is 2. The van der Waals surface area contributed by atoms with Crippen molar-refractivity contribution < 1.29 is 14.6 Å². The Balaban J connectivity index is 1.33. The lowest BCUT2D eigenvalue weighted by Crippen LogP contribution is -2.27. The fourth-order valence-electron chi connectivity index (χ4n) is 4.85.